The van der Waals surface area contributed by atoms with Crippen molar-refractivity contribution in [3.63, 3.8) is 0 Å². The molecule has 0 radical (unpaired) electrons. The Morgan fingerprint density at radius 1 is 0.697 bits per heavy atom. The molecule has 3 atom stereocenters. The summed E-state index contributed by atoms with van der Waals surface area (Å²) in [4.78, 5) is 11.3. The highest BCUT2D eigenvalue weighted by Crippen LogP contribution is 2.29. The van der Waals surface area contributed by atoms with Gasteiger partial charge in [0.05, 0.1) is 37.3 Å². The van der Waals surface area contributed by atoms with Gasteiger partial charge in [0.25, 0.3) is 0 Å². The van der Waals surface area contributed by atoms with Crippen LogP contribution in [-0.4, -0.2) is 23.2 Å². The van der Waals surface area contributed by atoms with Crippen LogP contribution in [0.25, 0.3) is 0 Å². The zero-order valence-corrected chi connectivity index (χ0v) is 18.3. The standard InChI is InChI=1S/C27H27NO5/c29-28(30)24-16-25(31-18-21-10-4-1-5-11-21)27(33-20-23-14-8-3-9-15-23)26(17-24)32-19-22-12-6-2-7-13-22/h1-16,25-27H,17-20H2/t25-,26-,27+/m1/s1. The smallest absolute Gasteiger partial charge is 0.247 e. The minimum Gasteiger partial charge on any atom is -0.370 e. The Morgan fingerprint density at radius 2 is 1.15 bits per heavy atom. The van der Waals surface area contributed by atoms with E-state index in [9.17, 15) is 10.1 Å². The Morgan fingerprint density at radius 3 is 1.64 bits per heavy atom. The lowest BCUT2D eigenvalue weighted by molar-refractivity contribution is -0.432. The van der Waals surface area contributed by atoms with Crippen LogP contribution in [0.1, 0.15) is 23.1 Å². The second kappa shape index (κ2) is 11.5. The lowest BCUT2D eigenvalue weighted by Gasteiger charge is -2.34. The van der Waals surface area contributed by atoms with E-state index in [2.05, 4.69) is 0 Å². The summed E-state index contributed by atoms with van der Waals surface area (Å²) in [7, 11) is 0. The highest BCUT2D eigenvalue weighted by atomic mass is 16.6. The zero-order valence-electron chi connectivity index (χ0n) is 18.3. The average Bonchev–Trinajstić information content (AvgIpc) is 2.87. The van der Waals surface area contributed by atoms with E-state index in [0.29, 0.717) is 19.8 Å². The van der Waals surface area contributed by atoms with Crippen LogP contribution in [0.2, 0.25) is 0 Å². The third-order valence-electron chi connectivity index (χ3n) is 5.57. The van der Waals surface area contributed by atoms with Crippen LogP contribution in [0.5, 0.6) is 0 Å². The topological polar surface area (TPSA) is 70.8 Å². The highest BCUT2D eigenvalue weighted by molar-refractivity contribution is 5.17. The Labute approximate surface area is 193 Å². The van der Waals surface area contributed by atoms with Gasteiger partial charge in [-0.3, -0.25) is 10.1 Å². The number of hydrogen-bond donors (Lipinski definition) is 0. The molecule has 0 bridgehead atoms. The van der Waals surface area contributed by atoms with Crippen molar-refractivity contribution < 1.29 is 19.1 Å². The number of ether oxygens (including phenoxy) is 3. The van der Waals surface area contributed by atoms with Crippen molar-refractivity contribution >= 4 is 0 Å². The first-order valence-electron chi connectivity index (χ1n) is 11.0. The van der Waals surface area contributed by atoms with Crippen molar-refractivity contribution in [2.75, 3.05) is 0 Å². The molecule has 0 N–H and O–H groups in total. The molecule has 0 aromatic heterocycles. The molecule has 3 aromatic carbocycles. The molecule has 0 aliphatic heterocycles. The molecule has 0 spiro atoms. The summed E-state index contributed by atoms with van der Waals surface area (Å²) in [6.07, 6.45) is 0.121. The van der Waals surface area contributed by atoms with Gasteiger partial charge in [0.2, 0.25) is 5.70 Å². The Bertz CT molecular complexity index is 1040. The van der Waals surface area contributed by atoms with Crippen LogP contribution >= 0.6 is 0 Å². The summed E-state index contributed by atoms with van der Waals surface area (Å²) >= 11 is 0. The van der Waals surface area contributed by atoms with Crippen LogP contribution in [0.3, 0.4) is 0 Å². The van der Waals surface area contributed by atoms with Crippen LogP contribution < -0.4 is 0 Å². The summed E-state index contributed by atoms with van der Waals surface area (Å²) in [5.74, 6) is 0. The van der Waals surface area contributed by atoms with E-state index in [-0.39, 0.29) is 17.0 Å². The van der Waals surface area contributed by atoms with Crippen LogP contribution in [0.4, 0.5) is 0 Å². The van der Waals surface area contributed by atoms with Gasteiger partial charge in [0, 0.05) is 6.08 Å². The van der Waals surface area contributed by atoms with E-state index in [0.717, 1.165) is 16.7 Å². The third kappa shape index (κ3) is 6.58. The van der Waals surface area contributed by atoms with Crippen LogP contribution in [0.15, 0.2) is 103 Å². The summed E-state index contributed by atoms with van der Waals surface area (Å²) in [5.41, 5.74) is 3.09. The van der Waals surface area contributed by atoms with Crippen molar-refractivity contribution in [2.45, 2.75) is 44.6 Å². The summed E-state index contributed by atoms with van der Waals surface area (Å²) < 4.78 is 18.6. The quantitative estimate of drug-likeness (QED) is 0.313. The SMILES string of the molecule is O=[N+]([O-])C1=C[C@@H](OCc2ccccc2)[C@H](OCc2ccccc2)[C@H](OCc2ccccc2)C1. The van der Waals surface area contributed by atoms with E-state index in [1.807, 2.05) is 91.0 Å². The number of nitrogens with zero attached hydrogens (tertiary/aromatic N) is 1. The molecule has 3 aromatic rings. The molecule has 0 heterocycles. The Kier molecular flexibility index (Phi) is 7.98. The molecule has 33 heavy (non-hydrogen) atoms. The zero-order chi connectivity index (χ0) is 22.9. The van der Waals surface area contributed by atoms with Gasteiger partial charge < -0.3 is 14.2 Å². The number of hydrogen-bond acceptors (Lipinski definition) is 5. The van der Waals surface area contributed by atoms with Gasteiger partial charge in [-0.15, -0.1) is 0 Å². The normalized spacial score (nSPS) is 20.2. The molecule has 1 aliphatic carbocycles. The van der Waals surface area contributed by atoms with E-state index in [4.69, 9.17) is 14.2 Å². The van der Waals surface area contributed by atoms with E-state index in [1.165, 1.54) is 0 Å². The lowest BCUT2D eigenvalue weighted by Crippen LogP contribution is -2.45. The van der Waals surface area contributed by atoms with Gasteiger partial charge in [0.1, 0.15) is 12.2 Å². The van der Waals surface area contributed by atoms with Gasteiger partial charge in [0.15, 0.2) is 0 Å². The van der Waals surface area contributed by atoms with Gasteiger partial charge in [-0.2, -0.15) is 0 Å². The van der Waals surface area contributed by atoms with Crippen LogP contribution in [-0.2, 0) is 34.0 Å². The Balaban J connectivity index is 1.54. The maximum atomic E-state index is 11.7. The molecule has 6 heteroatoms. The van der Waals surface area contributed by atoms with E-state index in [1.54, 1.807) is 6.08 Å². The van der Waals surface area contributed by atoms with Crippen molar-refractivity contribution in [1.29, 1.82) is 0 Å². The lowest BCUT2D eigenvalue weighted by atomic mass is 9.95. The first-order valence-corrected chi connectivity index (χ1v) is 11.0. The molecule has 0 saturated heterocycles. The fourth-order valence-electron chi connectivity index (χ4n) is 3.83. The minimum atomic E-state index is -0.608. The number of benzene rings is 3. The second-order valence-electron chi connectivity index (χ2n) is 7.98. The molecule has 0 unspecified atom stereocenters. The molecule has 4 rings (SSSR count). The van der Waals surface area contributed by atoms with Crippen molar-refractivity contribution in [3.8, 4) is 0 Å². The Hall–Kier alpha value is -3.32. The second-order valence-corrected chi connectivity index (χ2v) is 7.98. The van der Waals surface area contributed by atoms with Gasteiger partial charge in [-0.05, 0) is 16.7 Å². The van der Waals surface area contributed by atoms with Gasteiger partial charge in [-0.25, -0.2) is 0 Å². The molecule has 1 aliphatic rings. The van der Waals surface area contributed by atoms with Gasteiger partial charge >= 0.3 is 0 Å². The van der Waals surface area contributed by atoms with Gasteiger partial charge in [-0.1, -0.05) is 91.0 Å². The average molecular weight is 446 g/mol. The largest absolute Gasteiger partial charge is 0.370 e. The fourth-order valence-corrected chi connectivity index (χ4v) is 3.83. The highest BCUT2D eigenvalue weighted by Gasteiger charge is 2.40. The predicted octanol–water partition coefficient (Wildman–Crippen LogP) is 5.31. The van der Waals surface area contributed by atoms with E-state index >= 15 is 0 Å². The first-order chi connectivity index (χ1) is 16.2. The number of rotatable bonds is 10. The third-order valence-corrected chi connectivity index (χ3v) is 5.57. The maximum absolute atomic E-state index is 11.7. The van der Waals surface area contributed by atoms with Crippen molar-refractivity contribution in [2.24, 2.45) is 0 Å². The molecular weight excluding hydrogens is 418 g/mol. The van der Waals surface area contributed by atoms with Crippen LogP contribution in [0, 0.1) is 10.1 Å². The molecule has 0 amide bonds. The summed E-state index contributed by atoms with van der Waals surface area (Å²) in [5, 5.41) is 11.7. The molecule has 0 fully saturated rings. The first kappa shape index (κ1) is 22.9. The minimum absolute atomic E-state index is 0.0886. The fraction of sp³-hybridized carbons (Fsp3) is 0.259. The molecule has 6 nitrogen and oxygen atoms in total. The monoisotopic (exact) mass is 445 g/mol. The summed E-state index contributed by atoms with van der Waals surface area (Å²) in [6.45, 7) is 1.03. The molecule has 170 valence electrons. The van der Waals surface area contributed by atoms with E-state index < -0.39 is 18.3 Å². The van der Waals surface area contributed by atoms with Crippen molar-refractivity contribution in [1.82, 2.24) is 0 Å². The maximum Gasteiger partial charge on any atom is 0.247 e. The number of nitro groups is 1. The molecular formula is C27H27NO5. The van der Waals surface area contributed by atoms with Crippen molar-refractivity contribution in [3.05, 3.63) is 130 Å². The summed E-state index contributed by atoms with van der Waals surface area (Å²) in [6, 6.07) is 29.3. The predicted molar refractivity (Wildman–Crippen MR) is 125 cm³/mol. The molecule has 0 saturated carbocycles.